The lowest BCUT2D eigenvalue weighted by atomic mass is 10.0. The van der Waals surface area contributed by atoms with E-state index in [4.69, 9.17) is 0 Å². The van der Waals surface area contributed by atoms with E-state index in [9.17, 15) is 9.59 Å². The maximum Gasteiger partial charge on any atom is 0.243 e. The van der Waals surface area contributed by atoms with Crippen LogP contribution in [0.1, 0.15) is 32.8 Å². The lowest BCUT2D eigenvalue weighted by molar-refractivity contribution is -0.130. The molecule has 0 aromatic heterocycles. The molecule has 104 valence electrons. The van der Waals surface area contributed by atoms with Crippen molar-refractivity contribution in [3.63, 3.8) is 0 Å². The highest BCUT2D eigenvalue weighted by atomic mass is 16.2. The highest BCUT2D eigenvalue weighted by molar-refractivity contribution is 5.87. The van der Waals surface area contributed by atoms with Gasteiger partial charge in [-0.3, -0.25) is 9.59 Å². The van der Waals surface area contributed by atoms with Crippen molar-refractivity contribution < 1.29 is 9.59 Å². The Balaban J connectivity index is 2.55. The molecule has 0 saturated heterocycles. The fraction of sp³-hybridized carbons (Fsp3) is 0.467. The summed E-state index contributed by atoms with van der Waals surface area (Å²) in [7, 11) is 0. The summed E-state index contributed by atoms with van der Waals surface area (Å²) in [6, 6.07) is 9.23. The Labute approximate surface area is 114 Å². The molecule has 0 fully saturated rings. The van der Waals surface area contributed by atoms with E-state index < -0.39 is 6.04 Å². The van der Waals surface area contributed by atoms with Crippen molar-refractivity contribution in [1.29, 1.82) is 0 Å². The summed E-state index contributed by atoms with van der Waals surface area (Å²) in [6.45, 7) is 6.09. The molecule has 0 radical (unpaired) electrons. The minimum absolute atomic E-state index is 0.0614. The molecule has 0 aliphatic heterocycles. The molecule has 4 nitrogen and oxygen atoms in total. The normalized spacial score (nSPS) is 12.0. The largest absolute Gasteiger partial charge is 0.350 e. The standard InChI is InChI=1S/C15H22N2O2/c1-4-13(18)17-14(11(2)3)15(19)16-10-12-8-6-5-7-9-12/h5-9,11,14H,4,10H2,1-3H3,(H,16,19)(H,17,18). The average molecular weight is 262 g/mol. The van der Waals surface area contributed by atoms with Crippen molar-refractivity contribution in [3.05, 3.63) is 35.9 Å². The number of benzene rings is 1. The predicted molar refractivity (Wildman–Crippen MR) is 75.3 cm³/mol. The van der Waals surface area contributed by atoms with Crippen LogP contribution in [0.15, 0.2) is 30.3 Å². The molecule has 1 aromatic carbocycles. The van der Waals surface area contributed by atoms with Gasteiger partial charge in [-0.25, -0.2) is 0 Å². The molecule has 1 unspecified atom stereocenters. The van der Waals surface area contributed by atoms with Crippen molar-refractivity contribution in [2.45, 2.75) is 39.8 Å². The highest BCUT2D eigenvalue weighted by Gasteiger charge is 2.23. The Bertz CT molecular complexity index is 415. The summed E-state index contributed by atoms with van der Waals surface area (Å²) < 4.78 is 0. The lowest BCUT2D eigenvalue weighted by Crippen LogP contribution is -2.49. The highest BCUT2D eigenvalue weighted by Crippen LogP contribution is 2.04. The zero-order valence-corrected chi connectivity index (χ0v) is 11.8. The second-order valence-electron chi connectivity index (χ2n) is 4.85. The van der Waals surface area contributed by atoms with Gasteiger partial charge in [0.15, 0.2) is 0 Å². The number of amides is 2. The molecule has 2 amide bonds. The predicted octanol–water partition coefficient (Wildman–Crippen LogP) is 1.85. The van der Waals surface area contributed by atoms with E-state index in [0.29, 0.717) is 13.0 Å². The van der Waals surface area contributed by atoms with E-state index >= 15 is 0 Å². The molecule has 1 rings (SSSR count). The minimum Gasteiger partial charge on any atom is -0.350 e. The summed E-state index contributed by atoms with van der Waals surface area (Å²) in [5.74, 6) is -0.180. The second-order valence-corrected chi connectivity index (χ2v) is 4.85. The van der Waals surface area contributed by atoms with Gasteiger partial charge >= 0.3 is 0 Å². The zero-order chi connectivity index (χ0) is 14.3. The monoisotopic (exact) mass is 262 g/mol. The van der Waals surface area contributed by atoms with Crippen molar-refractivity contribution in [2.24, 2.45) is 5.92 Å². The molecular formula is C15H22N2O2. The van der Waals surface area contributed by atoms with Crippen molar-refractivity contribution in [3.8, 4) is 0 Å². The van der Waals surface area contributed by atoms with Crippen molar-refractivity contribution in [2.75, 3.05) is 0 Å². The summed E-state index contributed by atoms with van der Waals surface area (Å²) in [5.41, 5.74) is 1.04. The van der Waals surface area contributed by atoms with E-state index in [-0.39, 0.29) is 17.7 Å². The first-order valence-electron chi connectivity index (χ1n) is 6.65. The molecule has 0 heterocycles. The van der Waals surface area contributed by atoms with E-state index in [2.05, 4.69) is 10.6 Å². The number of nitrogens with one attached hydrogen (secondary N) is 2. The fourth-order valence-electron chi connectivity index (χ4n) is 1.71. The van der Waals surface area contributed by atoms with Crippen LogP contribution >= 0.6 is 0 Å². The maximum atomic E-state index is 12.1. The molecule has 0 bridgehead atoms. The first kappa shape index (κ1) is 15.2. The zero-order valence-electron chi connectivity index (χ0n) is 11.8. The van der Waals surface area contributed by atoms with Crippen LogP contribution in [0, 0.1) is 5.92 Å². The molecule has 0 spiro atoms. The lowest BCUT2D eigenvalue weighted by Gasteiger charge is -2.21. The van der Waals surface area contributed by atoms with Gasteiger partial charge in [0.2, 0.25) is 11.8 Å². The minimum atomic E-state index is -0.476. The van der Waals surface area contributed by atoms with Crippen LogP contribution in [-0.4, -0.2) is 17.9 Å². The molecule has 0 aliphatic carbocycles. The molecule has 4 heteroatoms. The van der Waals surface area contributed by atoms with Gasteiger partial charge in [-0.15, -0.1) is 0 Å². The molecule has 1 atom stereocenters. The third-order valence-corrected chi connectivity index (χ3v) is 2.90. The molecule has 19 heavy (non-hydrogen) atoms. The van der Waals surface area contributed by atoms with Crippen molar-refractivity contribution >= 4 is 11.8 Å². The van der Waals surface area contributed by atoms with Gasteiger partial charge < -0.3 is 10.6 Å². The first-order chi connectivity index (χ1) is 9.04. The van der Waals surface area contributed by atoms with Gasteiger partial charge in [0, 0.05) is 13.0 Å². The van der Waals surface area contributed by atoms with Crippen LogP contribution in [0.3, 0.4) is 0 Å². The van der Waals surface area contributed by atoms with Crippen LogP contribution in [0.4, 0.5) is 0 Å². The summed E-state index contributed by atoms with van der Waals surface area (Å²) in [5, 5.41) is 5.61. The number of rotatable bonds is 6. The van der Waals surface area contributed by atoms with E-state index in [1.54, 1.807) is 6.92 Å². The smallest absolute Gasteiger partial charge is 0.243 e. The SMILES string of the molecule is CCC(=O)NC(C(=O)NCc1ccccc1)C(C)C. The number of carbonyl (C=O) groups is 2. The van der Waals surface area contributed by atoms with Gasteiger partial charge in [-0.2, -0.15) is 0 Å². The Morgan fingerprint density at radius 3 is 2.32 bits per heavy atom. The first-order valence-corrected chi connectivity index (χ1v) is 6.65. The van der Waals surface area contributed by atoms with Crippen LogP contribution < -0.4 is 10.6 Å². The molecule has 0 saturated carbocycles. The molecule has 0 aliphatic rings. The average Bonchev–Trinajstić information content (AvgIpc) is 2.42. The van der Waals surface area contributed by atoms with Crippen LogP contribution in [0.25, 0.3) is 0 Å². The van der Waals surface area contributed by atoms with Crippen molar-refractivity contribution in [1.82, 2.24) is 10.6 Å². The number of hydrogen-bond donors (Lipinski definition) is 2. The number of carbonyl (C=O) groups excluding carboxylic acids is 2. The van der Waals surface area contributed by atoms with Crippen LogP contribution in [-0.2, 0) is 16.1 Å². The second kappa shape index (κ2) is 7.56. The van der Waals surface area contributed by atoms with Gasteiger partial charge in [0.25, 0.3) is 0 Å². The quantitative estimate of drug-likeness (QED) is 0.822. The number of hydrogen-bond acceptors (Lipinski definition) is 2. The van der Waals surface area contributed by atoms with Gasteiger partial charge in [0.1, 0.15) is 6.04 Å². The van der Waals surface area contributed by atoms with Gasteiger partial charge in [0.05, 0.1) is 0 Å². The van der Waals surface area contributed by atoms with E-state index in [0.717, 1.165) is 5.56 Å². The van der Waals surface area contributed by atoms with Crippen LogP contribution in [0.2, 0.25) is 0 Å². The Kier molecular flexibility index (Phi) is 6.06. The van der Waals surface area contributed by atoms with Gasteiger partial charge in [-0.05, 0) is 11.5 Å². The third-order valence-electron chi connectivity index (χ3n) is 2.90. The molecule has 2 N–H and O–H groups in total. The maximum absolute atomic E-state index is 12.1. The summed E-state index contributed by atoms with van der Waals surface area (Å²) >= 11 is 0. The Morgan fingerprint density at radius 2 is 1.79 bits per heavy atom. The topological polar surface area (TPSA) is 58.2 Å². The van der Waals surface area contributed by atoms with Gasteiger partial charge in [-0.1, -0.05) is 51.1 Å². The van der Waals surface area contributed by atoms with Crippen LogP contribution in [0.5, 0.6) is 0 Å². The summed E-state index contributed by atoms with van der Waals surface area (Å²) in [4.78, 5) is 23.5. The summed E-state index contributed by atoms with van der Waals surface area (Å²) in [6.07, 6.45) is 0.384. The Morgan fingerprint density at radius 1 is 1.16 bits per heavy atom. The van der Waals surface area contributed by atoms with E-state index in [1.807, 2.05) is 44.2 Å². The Hall–Kier alpha value is -1.84. The fourth-order valence-corrected chi connectivity index (χ4v) is 1.71. The molecular weight excluding hydrogens is 240 g/mol. The van der Waals surface area contributed by atoms with E-state index in [1.165, 1.54) is 0 Å². The third kappa shape index (κ3) is 5.12. The molecule has 1 aromatic rings.